The van der Waals surface area contributed by atoms with E-state index in [1.807, 2.05) is 13.8 Å². The van der Waals surface area contributed by atoms with Crippen LogP contribution in [0.15, 0.2) is 12.7 Å². The maximum Gasteiger partial charge on any atom is 0.407 e. The largest absolute Gasteiger partial charge is 0.465 e. The molecular formula is C17H25N7O5. The van der Waals surface area contributed by atoms with Crippen molar-refractivity contribution in [3.8, 4) is 0 Å². The predicted molar refractivity (Wildman–Crippen MR) is 101 cm³/mol. The smallest absolute Gasteiger partial charge is 0.407 e. The Balaban J connectivity index is 1.64. The molecule has 4 rings (SSSR count). The van der Waals surface area contributed by atoms with Crippen molar-refractivity contribution in [2.45, 2.75) is 50.6 Å². The number of nitrogens with two attached hydrogens (primary N) is 2. The number of fused-ring (bicyclic) bond motifs is 2. The van der Waals surface area contributed by atoms with E-state index in [0.717, 1.165) is 0 Å². The number of anilines is 1. The van der Waals surface area contributed by atoms with Crippen LogP contribution in [0, 0.1) is 0 Å². The average Bonchev–Trinajstić information content (AvgIpc) is 3.30. The number of carbonyl (C=O) groups is 1. The van der Waals surface area contributed by atoms with E-state index < -0.39 is 36.4 Å². The summed E-state index contributed by atoms with van der Waals surface area (Å²) in [5.74, 6) is -0.562. The summed E-state index contributed by atoms with van der Waals surface area (Å²) in [5.41, 5.74) is 12.4. The van der Waals surface area contributed by atoms with Crippen molar-refractivity contribution < 1.29 is 24.1 Å². The zero-order valence-corrected chi connectivity index (χ0v) is 16.3. The molecule has 4 heterocycles. The molecule has 0 bridgehead atoms. The van der Waals surface area contributed by atoms with Gasteiger partial charge in [0, 0.05) is 6.54 Å². The first-order chi connectivity index (χ1) is 13.8. The molecule has 2 fully saturated rings. The molecule has 2 saturated heterocycles. The van der Waals surface area contributed by atoms with Crippen molar-refractivity contribution in [3.05, 3.63) is 12.7 Å². The van der Waals surface area contributed by atoms with Crippen LogP contribution in [0.2, 0.25) is 0 Å². The second-order valence-corrected chi connectivity index (χ2v) is 7.58. The van der Waals surface area contributed by atoms with E-state index in [-0.39, 0.29) is 12.4 Å². The molecule has 12 nitrogen and oxygen atoms in total. The Kier molecular flexibility index (Phi) is 5.02. The molecule has 0 spiro atoms. The number of hydrogen-bond donors (Lipinski definition) is 3. The average molecular weight is 407 g/mol. The van der Waals surface area contributed by atoms with E-state index in [0.29, 0.717) is 30.7 Å². The highest BCUT2D eigenvalue weighted by molar-refractivity contribution is 5.81. The summed E-state index contributed by atoms with van der Waals surface area (Å²) in [6, 6.07) is 0. The molecule has 0 saturated carbocycles. The number of aromatic nitrogens is 4. The minimum absolute atomic E-state index is 0.135. The molecule has 29 heavy (non-hydrogen) atoms. The number of ether oxygens (including phenoxy) is 3. The van der Waals surface area contributed by atoms with E-state index in [2.05, 4.69) is 15.0 Å². The van der Waals surface area contributed by atoms with Crippen molar-refractivity contribution in [1.82, 2.24) is 24.4 Å². The molecule has 2 aromatic rings. The van der Waals surface area contributed by atoms with Gasteiger partial charge >= 0.3 is 6.09 Å². The monoisotopic (exact) mass is 407 g/mol. The Morgan fingerprint density at radius 3 is 2.79 bits per heavy atom. The van der Waals surface area contributed by atoms with Gasteiger partial charge in [-0.15, -0.1) is 0 Å². The van der Waals surface area contributed by atoms with Crippen LogP contribution >= 0.6 is 0 Å². The molecule has 12 heteroatoms. The van der Waals surface area contributed by atoms with Gasteiger partial charge in [0.15, 0.2) is 23.5 Å². The number of hydrogen-bond acceptors (Lipinski definition) is 9. The fourth-order valence-corrected chi connectivity index (χ4v) is 3.85. The van der Waals surface area contributed by atoms with Crippen LogP contribution in [-0.4, -0.2) is 79.4 Å². The van der Waals surface area contributed by atoms with Gasteiger partial charge in [0.1, 0.15) is 30.2 Å². The first-order valence-electron chi connectivity index (χ1n) is 9.43. The number of nitrogens with zero attached hydrogens (tertiary/aromatic N) is 5. The summed E-state index contributed by atoms with van der Waals surface area (Å²) in [6.45, 7) is 4.48. The molecule has 0 radical (unpaired) electrons. The number of rotatable bonds is 6. The molecule has 4 atom stereocenters. The number of imidazole rings is 1. The van der Waals surface area contributed by atoms with Crippen molar-refractivity contribution in [2.24, 2.45) is 5.73 Å². The Labute approximate surface area is 166 Å². The van der Waals surface area contributed by atoms with Crippen LogP contribution in [0.25, 0.3) is 11.2 Å². The van der Waals surface area contributed by atoms with Gasteiger partial charge < -0.3 is 35.7 Å². The van der Waals surface area contributed by atoms with Gasteiger partial charge in [0.2, 0.25) is 0 Å². The number of nitrogen functional groups attached to an aromatic ring is 1. The highest BCUT2D eigenvalue weighted by Crippen LogP contribution is 2.44. The van der Waals surface area contributed by atoms with E-state index in [9.17, 15) is 9.90 Å². The Morgan fingerprint density at radius 2 is 2.07 bits per heavy atom. The second-order valence-electron chi connectivity index (χ2n) is 7.58. The first kappa shape index (κ1) is 19.8. The van der Waals surface area contributed by atoms with Gasteiger partial charge in [0.05, 0.1) is 12.9 Å². The third kappa shape index (κ3) is 3.59. The molecule has 2 aliphatic rings. The SMILES string of the molecule is CC1(C)O[C@@H]2[C@H](O1)[C@@H](CN(CCCN)C(=O)O)O[C@H]2n1cnc2c(N)ncnc21. The molecule has 2 aromatic heterocycles. The zero-order valence-electron chi connectivity index (χ0n) is 16.3. The van der Waals surface area contributed by atoms with E-state index in [4.69, 9.17) is 25.7 Å². The minimum Gasteiger partial charge on any atom is -0.465 e. The van der Waals surface area contributed by atoms with E-state index >= 15 is 0 Å². The van der Waals surface area contributed by atoms with Gasteiger partial charge in [-0.05, 0) is 26.8 Å². The number of carboxylic acid groups (broad SMARTS) is 1. The summed E-state index contributed by atoms with van der Waals surface area (Å²) < 4.78 is 20.1. The Hall–Kier alpha value is -2.54. The molecule has 5 N–H and O–H groups in total. The summed E-state index contributed by atoms with van der Waals surface area (Å²) in [4.78, 5) is 25.4. The highest BCUT2D eigenvalue weighted by atomic mass is 16.8. The number of amides is 1. The molecule has 158 valence electrons. The van der Waals surface area contributed by atoms with Gasteiger partial charge in [-0.25, -0.2) is 19.7 Å². The fourth-order valence-electron chi connectivity index (χ4n) is 3.85. The van der Waals surface area contributed by atoms with Gasteiger partial charge in [-0.1, -0.05) is 0 Å². The molecular weight excluding hydrogens is 382 g/mol. The Morgan fingerprint density at radius 1 is 1.31 bits per heavy atom. The standard InChI is InChI=1S/C17H25N7O5/c1-17(2)28-11-9(6-23(16(25)26)5-3-4-18)27-15(12(11)29-17)24-8-22-10-13(19)20-7-21-14(10)24/h7-9,11-12,15H,3-6,18H2,1-2H3,(H,25,26)(H2,19,20,21)/t9-,11-,12-,15-/m1/s1. The third-order valence-corrected chi connectivity index (χ3v) is 5.09. The van der Waals surface area contributed by atoms with Crippen molar-refractivity contribution >= 4 is 23.1 Å². The lowest BCUT2D eigenvalue weighted by atomic mass is 10.1. The maximum absolute atomic E-state index is 11.6. The second kappa shape index (κ2) is 7.37. The van der Waals surface area contributed by atoms with Gasteiger partial charge in [0.25, 0.3) is 0 Å². The van der Waals surface area contributed by atoms with Crippen LogP contribution in [0.4, 0.5) is 10.6 Å². The zero-order chi connectivity index (χ0) is 20.8. The fraction of sp³-hybridized carbons (Fsp3) is 0.647. The molecule has 0 aliphatic carbocycles. The molecule has 2 aliphatic heterocycles. The lowest BCUT2D eigenvalue weighted by molar-refractivity contribution is -0.197. The van der Waals surface area contributed by atoms with Crippen LogP contribution in [0.1, 0.15) is 26.5 Å². The van der Waals surface area contributed by atoms with E-state index in [1.165, 1.54) is 11.2 Å². The summed E-state index contributed by atoms with van der Waals surface area (Å²) >= 11 is 0. The lowest BCUT2D eigenvalue weighted by Gasteiger charge is -2.27. The summed E-state index contributed by atoms with van der Waals surface area (Å²) in [7, 11) is 0. The lowest BCUT2D eigenvalue weighted by Crippen LogP contribution is -2.43. The third-order valence-electron chi connectivity index (χ3n) is 5.09. The van der Waals surface area contributed by atoms with Crippen molar-refractivity contribution in [1.29, 1.82) is 0 Å². The van der Waals surface area contributed by atoms with Crippen molar-refractivity contribution in [3.63, 3.8) is 0 Å². The normalized spacial score (nSPS) is 28.0. The summed E-state index contributed by atoms with van der Waals surface area (Å²) in [6.07, 6.45) is 0.399. The van der Waals surface area contributed by atoms with Gasteiger partial charge in [-0.3, -0.25) is 4.57 Å². The van der Waals surface area contributed by atoms with Crippen LogP contribution in [0.5, 0.6) is 0 Å². The van der Waals surface area contributed by atoms with E-state index in [1.54, 1.807) is 10.9 Å². The predicted octanol–water partition coefficient (Wildman–Crippen LogP) is 0.155. The summed E-state index contributed by atoms with van der Waals surface area (Å²) in [5, 5.41) is 9.54. The molecule has 0 aromatic carbocycles. The molecule has 1 amide bonds. The van der Waals surface area contributed by atoms with Crippen LogP contribution in [0.3, 0.4) is 0 Å². The quantitative estimate of drug-likeness (QED) is 0.600. The topological polar surface area (TPSA) is 164 Å². The van der Waals surface area contributed by atoms with Crippen LogP contribution < -0.4 is 11.5 Å². The minimum atomic E-state index is -1.03. The molecule has 0 unspecified atom stereocenters. The Bertz CT molecular complexity index is 903. The van der Waals surface area contributed by atoms with Crippen LogP contribution in [-0.2, 0) is 14.2 Å². The van der Waals surface area contributed by atoms with Gasteiger partial charge in [-0.2, -0.15) is 0 Å². The van der Waals surface area contributed by atoms with Crippen molar-refractivity contribution in [2.75, 3.05) is 25.4 Å². The first-order valence-corrected chi connectivity index (χ1v) is 9.43. The highest BCUT2D eigenvalue weighted by Gasteiger charge is 2.56. The maximum atomic E-state index is 11.6.